The Morgan fingerprint density at radius 3 is 2.15 bits per heavy atom. The molecule has 3 aromatic carbocycles. The fourth-order valence-electron chi connectivity index (χ4n) is 3.17. The van der Waals surface area contributed by atoms with E-state index >= 15 is 0 Å². The van der Waals surface area contributed by atoms with Crippen molar-refractivity contribution in [3.8, 4) is 11.5 Å². The van der Waals surface area contributed by atoms with Gasteiger partial charge in [0.25, 0.3) is 5.91 Å². The van der Waals surface area contributed by atoms with E-state index in [1.807, 2.05) is 54.6 Å². The molecule has 0 radical (unpaired) electrons. The van der Waals surface area contributed by atoms with Gasteiger partial charge in [0.05, 0.1) is 12.0 Å². The molecule has 0 aromatic heterocycles. The fourth-order valence-corrected chi connectivity index (χ4v) is 4.41. The highest BCUT2D eigenvalue weighted by Gasteiger charge is 2.18. The van der Waals surface area contributed by atoms with E-state index in [1.54, 1.807) is 38.1 Å². The topological polar surface area (TPSA) is 84.9 Å². The number of benzene rings is 3. The number of hydrogen-bond donors (Lipinski definition) is 1. The van der Waals surface area contributed by atoms with Crippen LogP contribution in [0, 0.1) is 0 Å². The highest BCUT2D eigenvalue weighted by molar-refractivity contribution is 7.89. The first kappa shape index (κ1) is 24.3. The zero-order chi connectivity index (χ0) is 23.8. The minimum Gasteiger partial charge on any atom is -0.497 e. The Morgan fingerprint density at radius 1 is 0.939 bits per heavy atom. The first-order valence-corrected chi connectivity index (χ1v) is 11.9. The van der Waals surface area contributed by atoms with Crippen molar-refractivity contribution in [2.24, 2.45) is 0 Å². The SMILES string of the molecule is COc1ccc(CN(C)C(=O)COc2ccc(S(=O)(=O)N[C@@H](C)c3ccccc3)cc2)cc1. The molecule has 0 spiro atoms. The van der Waals surface area contributed by atoms with Crippen LogP contribution in [0.1, 0.15) is 24.1 Å². The van der Waals surface area contributed by atoms with Crippen molar-refractivity contribution in [2.75, 3.05) is 20.8 Å². The van der Waals surface area contributed by atoms with Gasteiger partial charge in [-0.05, 0) is 54.4 Å². The summed E-state index contributed by atoms with van der Waals surface area (Å²) in [5.74, 6) is 0.975. The van der Waals surface area contributed by atoms with Gasteiger partial charge in [-0.3, -0.25) is 4.79 Å². The summed E-state index contributed by atoms with van der Waals surface area (Å²) >= 11 is 0. The summed E-state index contributed by atoms with van der Waals surface area (Å²) in [5, 5.41) is 0. The number of methoxy groups -OCH3 is 1. The Labute approximate surface area is 195 Å². The summed E-state index contributed by atoms with van der Waals surface area (Å²) in [5.41, 5.74) is 1.84. The van der Waals surface area contributed by atoms with Crippen LogP contribution in [0.25, 0.3) is 0 Å². The number of rotatable bonds is 10. The molecule has 1 atom stereocenters. The molecule has 33 heavy (non-hydrogen) atoms. The third-order valence-corrected chi connectivity index (χ3v) is 6.69. The predicted molar refractivity (Wildman–Crippen MR) is 127 cm³/mol. The van der Waals surface area contributed by atoms with Crippen LogP contribution in [-0.2, 0) is 21.4 Å². The van der Waals surface area contributed by atoms with Crippen LogP contribution in [0.15, 0.2) is 83.8 Å². The van der Waals surface area contributed by atoms with Crippen LogP contribution in [0.3, 0.4) is 0 Å². The molecule has 0 fully saturated rings. The van der Waals surface area contributed by atoms with Gasteiger partial charge < -0.3 is 14.4 Å². The lowest BCUT2D eigenvalue weighted by Crippen LogP contribution is -2.31. The molecule has 7 nitrogen and oxygen atoms in total. The van der Waals surface area contributed by atoms with E-state index < -0.39 is 10.0 Å². The number of likely N-dealkylation sites (N-methyl/N-ethyl adjacent to an activating group) is 1. The van der Waals surface area contributed by atoms with E-state index in [-0.39, 0.29) is 23.5 Å². The fraction of sp³-hybridized carbons (Fsp3) is 0.240. The third-order valence-electron chi connectivity index (χ3n) is 5.13. The normalized spacial score (nSPS) is 12.1. The average Bonchev–Trinajstić information content (AvgIpc) is 2.83. The molecule has 3 rings (SSSR count). The number of nitrogens with zero attached hydrogens (tertiary/aromatic N) is 1. The molecule has 3 aromatic rings. The van der Waals surface area contributed by atoms with Crippen LogP contribution < -0.4 is 14.2 Å². The van der Waals surface area contributed by atoms with E-state index in [9.17, 15) is 13.2 Å². The molecule has 0 aliphatic carbocycles. The van der Waals surface area contributed by atoms with Gasteiger partial charge in [0.2, 0.25) is 10.0 Å². The number of sulfonamides is 1. The van der Waals surface area contributed by atoms with Crippen molar-refractivity contribution in [1.29, 1.82) is 0 Å². The monoisotopic (exact) mass is 468 g/mol. The third kappa shape index (κ3) is 6.81. The number of carbonyl (C=O) groups excluding carboxylic acids is 1. The van der Waals surface area contributed by atoms with Gasteiger partial charge in [0.1, 0.15) is 11.5 Å². The van der Waals surface area contributed by atoms with Crippen LogP contribution >= 0.6 is 0 Å². The zero-order valence-electron chi connectivity index (χ0n) is 18.9. The minimum absolute atomic E-state index is 0.126. The van der Waals surface area contributed by atoms with E-state index in [0.717, 1.165) is 16.9 Å². The van der Waals surface area contributed by atoms with Gasteiger partial charge in [-0.1, -0.05) is 42.5 Å². The van der Waals surface area contributed by atoms with Gasteiger partial charge in [-0.25, -0.2) is 13.1 Å². The van der Waals surface area contributed by atoms with E-state index in [0.29, 0.717) is 12.3 Å². The predicted octanol–water partition coefficient (Wildman–Crippen LogP) is 3.77. The van der Waals surface area contributed by atoms with Crippen molar-refractivity contribution in [2.45, 2.75) is 24.4 Å². The highest BCUT2D eigenvalue weighted by Crippen LogP contribution is 2.20. The summed E-state index contributed by atoms with van der Waals surface area (Å²) in [4.78, 5) is 14.1. The molecule has 1 amide bonds. The summed E-state index contributed by atoms with van der Waals surface area (Å²) < 4.78 is 38.7. The van der Waals surface area contributed by atoms with Crippen LogP contribution in [-0.4, -0.2) is 40.0 Å². The van der Waals surface area contributed by atoms with Crippen LogP contribution in [0.4, 0.5) is 0 Å². The maximum Gasteiger partial charge on any atom is 0.260 e. The Hall–Kier alpha value is -3.36. The molecule has 0 saturated carbocycles. The molecular weight excluding hydrogens is 440 g/mol. The van der Waals surface area contributed by atoms with Crippen LogP contribution in [0.2, 0.25) is 0 Å². The van der Waals surface area contributed by atoms with Gasteiger partial charge in [0, 0.05) is 19.6 Å². The first-order valence-electron chi connectivity index (χ1n) is 10.5. The smallest absolute Gasteiger partial charge is 0.260 e. The maximum atomic E-state index is 12.7. The van der Waals surface area contributed by atoms with Crippen molar-refractivity contribution in [3.63, 3.8) is 0 Å². The van der Waals surface area contributed by atoms with Gasteiger partial charge >= 0.3 is 0 Å². The standard InChI is InChI=1S/C25H28N2O5S/c1-19(21-7-5-4-6-8-21)26-33(29,30)24-15-13-23(14-16-24)32-18-25(28)27(2)17-20-9-11-22(31-3)12-10-20/h4-16,19,26H,17-18H2,1-3H3/t19-/m0/s1. The number of carbonyl (C=O) groups is 1. The second kappa shape index (κ2) is 11.0. The van der Waals surface area contributed by atoms with Gasteiger partial charge in [-0.15, -0.1) is 0 Å². The van der Waals surface area contributed by atoms with E-state index in [4.69, 9.17) is 9.47 Å². The van der Waals surface area contributed by atoms with E-state index in [2.05, 4.69) is 4.72 Å². The summed E-state index contributed by atoms with van der Waals surface area (Å²) in [6.07, 6.45) is 0. The molecule has 0 aliphatic rings. The van der Waals surface area contributed by atoms with Gasteiger partial charge in [-0.2, -0.15) is 0 Å². The highest BCUT2D eigenvalue weighted by atomic mass is 32.2. The van der Waals surface area contributed by atoms with Gasteiger partial charge in [0.15, 0.2) is 6.61 Å². The second-order valence-electron chi connectivity index (χ2n) is 7.61. The van der Waals surface area contributed by atoms with Crippen molar-refractivity contribution < 1.29 is 22.7 Å². The number of hydrogen-bond acceptors (Lipinski definition) is 5. The summed E-state index contributed by atoms with van der Waals surface area (Å²) in [6.45, 7) is 2.08. The molecule has 174 valence electrons. The Balaban J connectivity index is 1.53. The van der Waals surface area contributed by atoms with Crippen molar-refractivity contribution >= 4 is 15.9 Å². The molecule has 0 unspecified atom stereocenters. The maximum absolute atomic E-state index is 12.7. The lowest BCUT2D eigenvalue weighted by Gasteiger charge is -2.18. The quantitative estimate of drug-likeness (QED) is 0.490. The Bertz CT molecular complexity index is 1150. The molecule has 8 heteroatoms. The molecule has 0 heterocycles. The Kier molecular flexibility index (Phi) is 8.08. The molecular formula is C25H28N2O5S. The van der Waals surface area contributed by atoms with Crippen molar-refractivity contribution in [1.82, 2.24) is 9.62 Å². The number of ether oxygens (including phenoxy) is 2. The molecule has 0 bridgehead atoms. The summed E-state index contributed by atoms with van der Waals surface area (Å²) in [6, 6.07) is 22.5. The van der Waals surface area contributed by atoms with Crippen molar-refractivity contribution in [3.05, 3.63) is 90.0 Å². The number of amides is 1. The summed E-state index contributed by atoms with van der Waals surface area (Å²) in [7, 11) is -0.396. The minimum atomic E-state index is -3.70. The average molecular weight is 469 g/mol. The first-order chi connectivity index (χ1) is 15.8. The largest absolute Gasteiger partial charge is 0.497 e. The lowest BCUT2D eigenvalue weighted by molar-refractivity contribution is -0.132. The molecule has 1 N–H and O–H groups in total. The lowest BCUT2D eigenvalue weighted by atomic mass is 10.1. The molecule has 0 aliphatic heterocycles. The molecule has 0 saturated heterocycles. The van der Waals surface area contributed by atoms with Crippen LogP contribution in [0.5, 0.6) is 11.5 Å². The van der Waals surface area contributed by atoms with E-state index in [1.165, 1.54) is 12.1 Å². The number of nitrogens with one attached hydrogen (secondary N) is 1. The second-order valence-corrected chi connectivity index (χ2v) is 9.33. The Morgan fingerprint density at radius 2 is 1.55 bits per heavy atom. The zero-order valence-corrected chi connectivity index (χ0v) is 19.7.